The van der Waals surface area contributed by atoms with E-state index in [0.717, 1.165) is 25.2 Å². The first-order chi connectivity index (χ1) is 20.8. The van der Waals surface area contributed by atoms with Gasteiger partial charge in [-0.25, -0.2) is 4.79 Å². The Morgan fingerprint density at radius 3 is 2.30 bits per heavy atom. The van der Waals surface area contributed by atoms with Gasteiger partial charge in [-0.2, -0.15) is 0 Å². The van der Waals surface area contributed by atoms with Crippen molar-refractivity contribution in [1.29, 1.82) is 0 Å². The fourth-order valence-electron chi connectivity index (χ4n) is 5.58. The number of nitrogens with one attached hydrogen (secondary N) is 3. The third kappa shape index (κ3) is 5.75. The van der Waals surface area contributed by atoms with Gasteiger partial charge in [-0.05, 0) is 66.9 Å². The monoisotopic (exact) mass is 578 g/mol. The summed E-state index contributed by atoms with van der Waals surface area (Å²) in [5.74, 6) is -0.831. The van der Waals surface area contributed by atoms with Crippen LogP contribution in [-0.2, 0) is 16.1 Å². The van der Waals surface area contributed by atoms with Gasteiger partial charge in [-0.3, -0.25) is 34.8 Å². The van der Waals surface area contributed by atoms with Gasteiger partial charge >= 0.3 is 6.03 Å². The van der Waals surface area contributed by atoms with Gasteiger partial charge in [0.15, 0.2) is 0 Å². The number of nitro benzene ring substituents is 1. The molecule has 2 fully saturated rings. The van der Waals surface area contributed by atoms with E-state index in [0.29, 0.717) is 33.8 Å². The van der Waals surface area contributed by atoms with Crippen LogP contribution >= 0.6 is 0 Å². The maximum absolute atomic E-state index is 13.3. The molecule has 11 heteroatoms. The zero-order valence-electron chi connectivity index (χ0n) is 23.6. The minimum Gasteiger partial charge on any atom is -0.354 e. The number of urea groups is 1. The van der Waals surface area contributed by atoms with Gasteiger partial charge in [0.1, 0.15) is 5.70 Å². The molecule has 2 saturated heterocycles. The molecule has 3 aromatic carbocycles. The van der Waals surface area contributed by atoms with E-state index in [4.69, 9.17) is 0 Å². The Bertz CT molecular complexity index is 1690. The third-order valence-corrected chi connectivity index (χ3v) is 7.91. The molecule has 6 rings (SSSR count). The number of hydrogen-bond donors (Lipinski definition) is 3. The molecule has 4 amide bonds. The summed E-state index contributed by atoms with van der Waals surface area (Å²) in [6.45, 7) is 3.02. The molecule has 0 spiro atoms. The molecule has 0 aliphatic carbocycles. The van der Waals surface area contributed by atoms with Crippen LogP contribution in [0.25, 0.3) is 17.3 Å². The number of rotatable bonds is 7. The van der Waals surface area contributed by atoms with Crippen LogP contribution in [0.15, 0.2) is 72.4 Å². The zero-order chi connectivity index (χ0) is 30.1. The summed E-state index contributed by atoms with van der Waals surface area (Å²) in [5, 5.41) is 20.0. The number of amides is 4. The predicted molar refractivity (Wildman–Crippen MR) is 163 cm³/mol. The smallest absolute Gasteiger partial charge is 0.328 e. The molecule has 0 atom stereocenters. The molecule has 3 N–H and O–H groups in total. The fourth-order valence-corrected chi connectivity index (χ4v) is 5.58. The van der Waals surface area contributed by atoms with Gasteiger partial charge in [0.25, 0.3) is 17.5 Å². The summed E-state index contributed by atoms with van der Waals surface area (Å²) < 4.78 is 0. The largest absolute Gasteiger partial charge is 0.354 e. The number of anilines is 2. The van der Waals surface area contributed by atoms with E-state index in [1.54, 1.807) is 36.4 Å². The highest BCUT2D eigenvalue weighted by Gasteiger charge is 2.31. The van der Waals surface area contributed by atoms with E-state index >= 15 is 0 Å². The number of piperidine rings is 1. The molecule has 3 aliphatic heterocycles. The number of hydrogen-bond acceptors (Lipinski definition) is 7. The second kappa shape index (κ2) is 11.5. The van der Waals surface area contributed by atoms with Crippen LogP contribution in [-0.4, -0.2) is 52.7 Å². The number of fused-ring (bicyclic) bond motifs is 1. The lowest BCUT2D eigenvalue weighted by atomic mass is 9.98. The Morgan fingerprint density at radius 1 is 0.930 bits per heavy atom. The lowest BCUT2D eigenvalue weighted by molar-refractivity contribution is -0.384. The number of imide groups is 1. The summed E-state index contributed by atoms with van der Waals surface area (Å²) in [5.41, 5.74) is 5.16. The summed E-state index contributed by atoms with van der Waals surface area (Å²) in [7, 11) is 1.52. The number of likely N-dealkylation sites (tertiary alicyclic amines) is 1. The van der Waals surface area contributed by atoms with E-state index in [2.05, 4.69) is 20.9 Å². The molecule has 0 aromatic heterocycles. The second-order valence-electron chi connectivity index (χ2n) is 10.8. The highest BCUT2D eigenvalue weighted by Crippen LogP contribution is 2.39. The standard InChI is InChI=1S/C32H30N6O5/c1-36-27(30(39)35-32(36)41)17-20-7-11-23(12-8-20)33-29(22-9-5-21(6-10-22)19-37-15-3-2-4-16-37)28-25-18-24(38(42)43)13-14-26(25)34-31(28)40/h5-14,17-18,33H,2-4,15-16,19H2,1H3,(H,34,40)(H,35,39,41)/b27-17-,29-28-. The third-order valence-electron chi connectivity index (χ3n) is 7.91. The first-order valence-corrected chi connectivity index (χ1v) is 14.1. The van der Waals surface area contributed by atoms with Crippen molar-refractivity contribution in [2.24, 2.45) is 0 Å². The Labute approximate surface area is 248 Å². The second-order valence-corrected chi connectivity index (χ2v) is 10.8. The van der Waals surface area contributed by atoms with Crippen LogP contribution in [0, 0.1) is 10.1 Å². The van der Waals surface area contributed by atoms with Crippen molar-refractivity contribution in [1.82, 2.24) is 15.1 Å². The molecule has 43 heavy (non-hydrogen) atoms. The number of carbonyl (C=O) groups is 3. The minimum atomic E-state index is -0.483. The lowest BCUT2D eigenvalue weighted by Crippen LogP contribution is -2.29. The van der Waals surface area contributed by atoms with Crippen LogP contribution in [0.5, 0.6) is 0 Å². The van der Waals surface area contributed by atoms with Gasteiger partial charge in [0, 0.05) is 42.7 Å². The molecule has 0 radical (unpaired) electrons. The Hall–Kier alpha value is -5.29. The van der Waals surface area contributed by atoms with Crippen molar-refractivity contribution >= 4 is 52.3 Å². The van der Waals surface area contributed by atoms with Crippen molar-refractivity contribution in [2.45, 2.75) is 25.8 Å². The topological polar surface area (TPSA) is 137 Å². The Kier molecular flexibility index (Phi) is 7.47. The van der Waals surface area contributed by atoms with Crippen molar-refractivity contribution in [3.05, 3.63) is 105 Å². The first kappa shape index (κ1) is 27.9. The number of nitro groups is 1. The molecule has 0 saturated carbocycles. The van der Waals surface area contributed by atoms with Crippen molar-refractivity contribution < 1.29 is 19.3 Å². The molecule has 0 unspecified atom stereocenters. The summed E-state index contributed by atoms with van der Waals surface area (Å²) >= 11 is 0. The van der Waals surface area contributed by atoms with Crippen LogP contribution in [0.2, 0.25) is 0 Å². The van der Waals surface area contributed by atoms with Gasteiger partial charge in [0.05, 0.1) is 16.2 Å². The molecular formula is C32H30N6O5. The van der Waals surface area contributed by atoms with Crippen LogP contribution in [0.1, 0.15) is 41.5 Å². The van der Waals surface area contributed by atoms with Gasteiger partial charge in [-0.15, -0.1) is 0 Å². The average molecular weight is 579 g/mol. The number of non-ortho nitro benzene ring substituents is 1. The maximum Gasteiger partial charge on any atom is 0.328 e. The molecule has 0 bridgehead atoms. The molecule has 3 heterocycles. The van der Waals surface area contributed by atoms with E-state index in [-0.39, 0.29) is 17.3 Å². The lowest BCUT2D eigenvalue weighted by Gasteiger charge is -2.26. The summed E-state index contributed by atoms with van der Waals surface area (Å²) in [6, 6.07) is 19.0. The number of carbonyl (C=O) groups excluding carboxylic acids is 3. The highest BCUT2D eigenvalue weighted by atomic mass is 16.6. The zero-order valence-corrected chi connectivity index (χ0v) is 23.6. The minimum absolute atomic E-state index is 0.110. The highest BCUT2D eigenvalue weighted by molar-refractivity contribution is 6.37. The number of benzene rings is 3. The van der Waals surface area contributed by atoms with Crippen LogP contribution in [0.3, 0.4) is 0 Å². The van der Waals surface area contributed by atoms with Crippen LogP contribution in [0.4, 0.5) is 21.9 Å². The number of nitrogens with zero attached hydrogens (tertiary/aromatic N) is 3. The van der Waals surface area contributed by atoms with E-state index < -0.39 is 16.9 Å². The summed E-state index contributed by atoms with van der Waals surface area (Å²) in [6.07, 6.45) is 5.29. The maximum atomic E-state index is 13.3. The Balaban J connectivity index is 1.36. The van der Waals surface area contributed by atoms with Gasteiger partial charge in [-0.1, -0.05) is 42.8 Å². The van der Waals surface area contributed by atoms with Crippen molar-refractivity contribution in [2.75, 3.05) is 30.8 Å². The van der Waals surface area contributed by atoms with E-state index in [9.17, 15) is 24.5 Å². The first-order valence-electron chi connectivity index (χ1n) is 14.1. The quantitative estimate of drug-likeness (QED) is 0.155. The SMILES string of the molecule is CN1C(=O)NC(=O)/C1=C/c1ccc(N/C(=C2\C(=O)Nc3ccc([N+](=O)[O-])cc32)c2ccc(CN3CCCCC3)cc2)cc1. The van der Waals surface area contributed by atoms with E-state index in [1.165, 1.54) is 48.9 Å². The van der Waals surface area contributed by atoms with Gasteiger partial charge < -0.3 is 10.6 Å². The number of likely N-dealkylation sites (N-methyl/N-ethyl adjacent to an activating group) is 1. The fraction of sp³-hybridized carbons (Fsp3) is 0.219. The van der Waals surface area contributed by atoms with Crippen molar-refractivity contribution in [3.8, 4) is 0 Å². The summed E-state index contributed by atoms with van der Waals surface area (Å²) in [4.78, 5) is 52.0. The molecule has 218 valence electrons. The average Bonchev–Trinajstić information content (AvgIpc) is 3.46. The van der Waals surface area contributed by atoms with E-state index in [1.807, 2.05) is 24.3 Å². The van der Waals surface area contributed by atoms with Crippen LogP contribution < -0.4 is 16.0 Å². The predicted octanol–water partition coefficient (Wildman–Crippen LogP) is 5.04. The normalized spacial score (nSPS) is 18.9. The molecule has 11 nitrogen and oxygen atoms in total. The molecular weight excluding hydrogens is 548 g/mol. The van der Waals surface area contributed by atoms with Gasteiger partial charge in [0.2, 0.25) is 0 Å². The molecule has 3 aliphatic rings. The Morgan fingerprint density at radius 2 is 1.65 bits per heavy atom. The van der Waals surface area contributed by atoms with Crippen molar-refractivity contribution in [3.63, 3.8) is 0 Å². The molecule has 3 aromatic rings.